The summed E-state index contributed by atoms with van der Waals surface area (Å²) in [7, 11) is 1.73. The number of methoxy groups -OCH3 is 1. The van der Waals surface area contributed by atoms with E-state index in [1.165, 1.54) is 0 Å². The van der Waals surface area contributed by atoms with Crippen LogP contribution in [0.2, 0.25) is 0 Å². The molecule has 4 nitrogen and oxygen atoms in total. The zero-order valence-electron chi connectivity index (χ0n) is 13.9. The van der Waals surface area contributed by atoms with Crippen molar-refractivity contribution >= 4 is 5.91 Å². The summed E-state index contributed by atoms with van der Waals surface area (Å²) in [5.74, 6) is 0.288. The van der Waals surface area contributed by atoms with Crippen molar-refractivity contribution in [1.82, 2.24) is 10.2 Å². The number of hydrogen-bond acceptors (Lipinski definition) is 3. The summed E-state index contributed by atoms with van der Waals surface area (Å²) < 4.78 is 5.18. The Morgan fingerprint density at radius 2 is 2.05 bits per heavy atom. The maximum atomic E-state index is 12.6. The smallest absolute Gasteiger partial charge is 0.241 e. The molecule has 0 aromatic rings. The first-order valence-electron chi connectivity index (χ1n) is 8.00. The minimum absolute atomic E-state index is 0.0260. The molecule has 1 fully saturated rings. The molecule has 1 aliphatic heterocycles. The topological polar surface area (TPSA) is 41.6 Å². The number of unbranched alkanes of at least 4 members (excludes halogenated alkanes) is 1. The maximum Gasteiger partial charge on any atom is 0.241 e. The summed E-state index contributed by atoms with van der Waals surface area (Å²) >= 11 is 0. The van der Waals surface area contributed by atoms with Gasteiger partial charge in [-0.1, -0.05) is 40.5 Å². The zero-order chi connectivity index (χ0) is 15.2. The van der Waals surface area contributed by atoms with Gasteiger partial charge in [0.15, 0.2) is 0 Å². The van der Waals surface area contributed by atoms with E-state index >= 15 is 0 Å². The Morgan fingerprint density at radius 1 is 1.35 bits per heavy atom. The van der Waals surface area contributed by atoms with E-state index in [-0.39, 0.29) is 23.5 Å². The number of nitrogens with zero attached hydrogens (tertiary/aromatic N) is 1. The van der Waals surface area contributed by atoms with Gasteiger partial charge >= 0.3 is 0 Å². The van der Waals surface area contributed by atoms with Gasteiger partial charge in [-0.25, -0.2) is 0 Å². The van der Waals surface area contributed by atoms with Crippen LogP contribution in [-0.4, -0.2) is 43.3 Å². The first-order chi connectivity index (χ1) is 9.45. The molecule has 1 amide bonds. The molecule has 0 aromatic heterocycles. The van der Waals surface area contributed by atoms with Gasteiger partial charge in [0, 0.05) is 20.3 Å². The Kier molecular flexibility index (Phi) is 6.96. The molecule has 0 aromatic carbocycles. The third kappa shape index (κ3) is 4.74. The first-order valence-corrected chi connectivity index (χ1v) is 8.00. The molecular weight excluding hydrogens is 252 g/mol. The van der Waals surface area contributed by atoms with Gasteiger partial charge < -0.3 is 9.64 Å². The van der Waals surface area contributed by atoms with Gasteiger partial charge in [0.25, 0.3) is 0 Å². The van der Waals surface area contributed by atoms with Gasteiger partial charge in [0.2, 0.25) is 5.91 Å². The summed E-state index contributed by atoms with van der Waals surface area (Å²) in [5, 5.41) is 3.50. The highest BCUT2D eigenvalue weighted by atomic mass is 16.5. The van der Waals surface area contributed by atoms with Crippen LogP contribution in [0.15, 0.2) is 0 Å². The van der Waals surface area contributed by atoms with Gasteiger partial charge in [0.05, 0.1) is 12.2 Å². The van der Waals surface area contributed by atoms with Crippen LogP contribution in [0.4, 0.5) is 0 Å². The minimum atomic E-state index is 0.0260. The van der Waals surface area contributed by atoms with Crippen molar-refractivity contribution in [3.63, 3.8) is 0 Å². The zero-order valence-corrected chi connectivity index (χ0v) is 13.9. The number of amides is 1. The predicted octanol–water partition coefficient (Wildman–Crippen LogP) is 2.78. The van der Waals surface area contributed by atoms with Crippen LogP contribution >= 0.6 is 0 Å². The summed E-state index contributed by atoms with van der Waals surface area (Å²) in [6, 6.07) is 0.0260. The molecule has 0 spiro atoms. The molecule has 0 saturated carbocycles. The Morgan fingerprint density at radius 3 is 2.60 bits per heavy atom. The average molecular weight is 284 g/mol. The van der Waals surface area contributed by atoms with E-state index in [1.807, 2.05) is 0 Å². The van der Waals surface area contributed by atoms with Gasteiger partial charge in [-0.3, -0.25) is 10.1 Å². The van der Waals surface area contributed by atoms with Crippen LogP contribution in [0.1, 0.15) is 59.8 Å². The molecule has 4 heteroatoms. The highest BCUT2D eigenvalue weighted by Crippen LogP contribution is 2.27. The number of ether oxygens (including phenoxy) is 1. The molecule has 1 heterocycles. The fourth-order valence-electron chi connectivity index (χ4n) is 2.81. The Bertz CT molecular complexity index is 305. The number of rotatable bonds is 9. The average Bonchev–Trinajstić information content (AvgIpc) is 2.70. The third-order valence-corrected chi connectivity index (χ3v) is 4.17. The van der Waals surface area contributed by atoms with Crippen molar-refractivity contribution in [2.45, 2.75) is 72.0 Å². The molecule has 118 valence electrons. The number of carbonyl (C=O) groups is 1. The highest BCUT2D eigenvalue weighted by Gasteiger charge is 2.39. The van der Waals surface area contributed by atoms with Crippen LogP contribution in [0.3, 0.4) is 0 Å². The fraction of sp³-hybridized carbons (Fsp3) is 0.938. The van der Waals surface area contributed by atoms with E-state index in [0.717, 1.165) is 45.3 Å². The third-order valence-electron chi connectivity index (χ3n) is 4.17. The molecule has 1 N–H and O–H groups in total. The molecule has 1 rings (SSSR count). The number of nitrogens with one attached hydrogen (secondary N) is 1. The maximum absolute atomic E-state index is 12.6. The van der Waals surface area contributed by atoms with Crippen molar-refractivity contribution < 1.29 is 9.53 Å². The van der Waals surface area contributed by atoms with Crippen LogP contribution in [0.25, 0.3) is 0 Å². The van der Waals surface area contributed by atoms with Crippen molar-refractivity contribution in [2.24, 2.45) is 5.41 Å². The van der Waals surface area contributed by atoms with Crippen molar-refractivity contribution in [3.8, 4) is 0 Å². The Labute approximate surface area is 124 Å². The molecule has 2 unspecified atom stereocenters. The Balaban J connectivity index is 2.64. The molecule has 2 atom stereocenters. The lowest BCUT2D eigenvalue weighted by Gasteiger charge is -2.33. The second-order valence-electron chi connectivity index (χ2n) is 6.66. The van der Waals surface area contributed by atoms with E-state index in [4.69, 9.17) is 4.74 Å². The van der Waals surface area contributed by atoms with E-state index in [9.17, 15) is 4.79 Å². The lowest BCUT2D eigenvalue weighted by molar-refractivity contribution is -0.131. The van der Waals surface area contributed by atoms with E-state index in [0.29, 0.717) is 0 Å². The molecule has 0 aliphatic carbocycles. The molecule has 20 heavy (non-hydrogen) atoms. The Hall–Kier alpha value is -0.610. The van der Waals surface area contributed by atoms with E-state index < -0.39 is 0 Å². The van der Waals surface area contributed by atoms with Gasteiger partial charge in [-0.15, -0.1) is 0 Å². The molecule has 0 radical (unpaired) electrons. The summed E-state index contributed by atoms with van der Waals surface area (Å²) in [4.78, 5) is 14.6. The SMILES string of the molecule is CCCCC1NC(CC)N(CC(C)(C)CCOC)C1=O. The van der Waals surface area contributed by atoms with Crippen LogP contribution in [0, 0.1) is 5.41 Å². The van der Waals surface area contributed by atoms with Crippen LogP contribution < -0.4 is 5.32 Å². The predicted molar refractivity (Wildman–Crippen MR) is 82.5 cm³/mol. The molecule has 1 saturated heterocycles. The molecule has 0 bridgehead atoms. The lowest BCUT2D eigenvalue weighted by atomic mass is 9.88. The lowest BCUT2D eigenvalue weighted by Crippen LogP contribution is -2.43. The summed E-state index contributed by atoms with van der Waals surface area (Å²) in [5.41, 5.74) is 0.0976. The second-order valence-corrected chi connectivity index (χ2v) is 6.66. The van der Waals surface area contributed by atoms with E-state index in [1.54, 1.807) is 7.11 Å². The van der Waals surface area contributed by atoms with Gasteiger partial charge in [-0.05, 0) is 24.7 Å². The number of carbonyl (C=O) groups excluding carboxylic acids is 1. The molecule has 1 aliphatic rings. The summed E-state index contributed by atoms with van der Waals surface area (Å²) in [6.45, 7) is 10.3. The fourth-order valence-corrected chi connectivity index (χ4v) is 2.81. The van der Waals surface area contributed by atoms with E-state index in [2.05, 4.69) is 37.9 Å². The normalized spacial score (nSPS) is 23.6. The van der Waals surface area contributed by atoms with Crippen molar-refractivity contribution in [3.05, 3.63) is 0 Å². The monoisotopic (exact) mass is 284 g/mol. The summed E-state index contributed by atoms with van der Waals surface area (Å²) in [6.07, 6.45) is 5.35. The quantitative estimate of drug-likeness (QED) is 0.708. The van der Waals surface area contributed by atoms with Crippen molar-refractivity contribution in [1.29, 1.82) is 0 Å². The van der Waals surface area contributed by atoms with Crippen molar-refractivity contribution in [2.75, 3.05) is 20.3 Å². The number of hydrogen-bond donors (Lipinski definition) is 1. The standard InChI is InChI=1S/C16H32N2O2/c1-6-8-9-13-15(19)18(14(7-2)17-13)12-16(3,4)10-11-20-5/h13-14,17H,6-12H2,1-5H3. The highest BCUT2D eigenvalue weighted by molar-refractivity contribution is 5.84. The second kappa shape index (κ2) is 7.99. The van der Waals surface area contributed by atoms with Gasteiger partial charge in [0.1, 0.15) is 0 Å². The largest absolute Gasteiger partial charge is 0.385 e. The minimum Gasteiger partial charge on any atom is -0.385 e. The molecular formula is C16H32N2O2. The van der Waals surface area contributed by atoms with Crippen LogP contribution in [-0.2, 0) is 9.53 Å². The first kappa shape index (κ1) is 17.4. The van der Waals surface area contributed by atoms with Crippen LogP contribution in [0.5, 0.6) is 0 Å². The van der Waals surface area contributed by atoms with Gasteiger partial charge in [-0.2, -0.15) is 0 Å².